The van der Waals surface area contributed by atoms with Gasteiger partial charge in [-0.1, -0.05) is 6.07 Å². The Balaban J connectivity index is 1.50. The number of nitrogens with one attached hydrogen (secondary N) is 1. The van der Waals surface area contributed by atoms with Crippen molar-refractivity contribution in [1.29, 1.82) is 0 Å². The van der Waals surface area contributed by atoms with Crippen molar-refractivity contribution < 1.29 is 13.9 Å². The number of hydrogen-bond acceptors (Lipinski definition) is 4. The van der Waals surface area contributed by atoms with Crippen molar-refractivity contribution >= 4 is 5.91 Å². The molecule has 1 saturated heterocycles. The molecule has 0 saturated carbocycles. The van der Waals surface area contributed by atoms with Gasteiger partial charge in [-0.15, -0.1) is 0 Å². The highest BCUT2D eigenvalue weighted by atomic mass is 19.1. The number of aryl methyl sites for hydroxylation is 1. The second kappa shape index (κ2) is 8.66. The molecule has 1 aliphatic rings. The molecule has 0 radical (unpaired) electrons. The zero-order chi connectivity index (χ0) is 19.2. The Morgan fingerprint density at radius 1 is 1.30 bits per heavy atom. The van der Waals surface area contributed by atoms with Gasteiger partial charge in [0.15, 0.2) is 0 Å². The summed E-state index contributed by atoms with van der Waals surface area (Å²) in [6.07, 6.45) is 3.39. The van der Waals surface area contributed by atoms with E-state index in [-0.39, 0.29) is 30.6 Å². The molecule has 3 rings (SSSR count). The maximum Gasteiger partial charge on any atom is 0.328 e. The summed E-state index contributed by atoms with van der Waals surface area (Å²) in [7, 11) is 0. The third-order valence-corrected chi connectivity index (χ3v) is 4.62. The first kappa shape index (κ1) is 18.9. The number of amides is 1. The second-order valence-corrected chi connectivity index (χ2v) is 6.67. The van der Waals surface area contributed by atoms with Crippen LogP contribution in [0, 0.1) is 11.7 Å². The number of H-pyrrole nitrogens is 1. The lowest BCUT2D eigenvalue weighted by Gasteiger charge is -2.32. The predicted octanol–water partition coefficient (Wildman–Crippen LogP) is 1.38. The number of hydrogen-bond donors (Lipinski definition) is 1. The largest absolute Gasteiger partial charge is 0.493 e. The number of piperidine rings is 1. The molecule has 1 aromatic heterocycles. The molecular weight excluding hydrogens is 353 g/mol. The van der Waals surface area contributed by atoms with E-state index in [4.69, 9.17) is 4.74 Å². The van der Waals surface area contributed by atoms with E-state index in [1.807, 2.05) is 0 Å². The summed E-state index contributed by atoms with van der Waals surface area (Å²) in [6.45, 7) is 1.90. The van der Waals surface area contributed by atoms with Crippen LogP contribution < -0.4 is 16.0 Å². The van der Waals surface area contributed by atoms with Gasteiger partial charge in [0.2, 0.25) is 5.91 Å². The number of nitrogens with zero attached hydrogens (tertiary/aromatic N) is 2. The van der Waals surface area contributed by atoms with Gasteiger partial charge in [0.05, 0.1) is 6.61 Å². The van der Waals surface area contributed by atoms with Crippen LogP contribution in [0.5, 0.6) is 5.75 Å². The SMILES string of the molecule is O=C(CCn1ccc(=O)[nH]c1=O)N1CCCC(COc2cccc(F)c2)C1. The second-order valence-electron chi connectivity index (χ2n) is 6.67. The first-order chi connectivity index (χ1) is 13.0. The number of halogens is 1. The fourth-order valence-electron chi connectivity index (χ4n) is 3.19. The summed E-state index contributed by atoms with van der Waals surface area (Å²) in [4.78, 5) is 39.1. The van der Waals surface area contributed by atoms with Crippen LogP contribution in [0.25, 0.3) is 0 Å². The highest BCUT2D eigenvalue weighted by Crippen LogP contribution is 2.20. The molecule has 27 heavy (non-hydrogen) atoms. The average Bonchev–Trinajstić information content (AvgIpc) is 2.66. The lowest BCUT2D eigenvalue weighted by molar-refractivity contribution is -0.133. The molecule has 1 fully saturated rings. The number of aromatic nitrogens is 2. The number of rotatable bonds is 6. The minimum Gasteiger partial charge on any atom is -0.493 e. The highest BCUT2D eigenvalue weighted by Gasteiger charge is 2.24. The van der Waals surface area contributed by atoms with Crippen molar-refractivity contribution in [2.75, 3.05) is 19.7 Å². The Morgan fingerprint density at radius 2 is 2.15 bits per heavy atom. The Morgan fingerprint density at radius 3 is 2.93 bits per heavy atom. The predicted molar refractivity (Wildman–Crippen MR) is 97.1 cm³/mol. The van der Waals surface area contributed by atoms with Crippen molar-refractivity contribution in [3.05, 3.63) is 63.2 Å². The molecule has 1 amide bonds. The Bertz CT molecular complexity index is 908. The minimum atomic E-state index is -0.518. The summed E-state index contributed by atoms with van der Waals surface area (Å²) in [5.74, 6) is 0.284. The van der Waals surface area contributed by atoms with Crippen molar-refractivity contribution in [3.63, 3.8) is 0 Å². The Kier molecular flexibility index (Phi) is 6.05. The van der Waals surface area contributed by atoms with Crippen LogP contribution in [0.3, 0.4) is 0 Å². The molecule has 8 heteroatoms. The summed E-state index contributed by atoms with van der Waals surface area (Å²) in [5, 5.41) is 0. The summed E-state index contributed by atoms with van der Waals surface area (Å²) in [6, 6.07) is 7.26. The van der Waals surface area contributed by atoms with Crippen molar-refractivity contribution in [1.82, 2.24) is 14.5 Å². The molecule has 2 heterocycles. The molecule has 0 aliphatic carbocycles. The van der Waals surface area contributed by atoms with E-state index >= 15 is 0 Å². The summed E-state index contributed by atoms with van der Waals surface area (Å²) in [5.41, 5.74) is -0.977. The van der Waals surface area contributed by atoms with E-state index < -0.39 is 11.2 Å². The topological polar surface area (TPSA) is 84.4 Å². The standard InChI is InChI=1S/C19H22FN3O4/c20-15-4-1-5-16(11-15)27-13-14-3-2-8-23(12-14)18(25)7-10-22-9-6-17(24)21-19(22)26/h1,4-6,9,11,14H,2-3,7-8,10,12-13H2,(H,21,24,26). The van der Waals surface area contributed by atoms with Crippen LogP contribution in [0.1, 0.15) is 19.3 Å². The maximum atomic E-state index is 13.2. The van der Waals surface area contributed by atoms with Gasteiger partial charge < -0.3 is 14.2 Å². The van der Waals surface area contributed by atoms with Crippen LogP contribution in [0.4, 0.5) is 4.39 Å². The van der Waals surface area contributed by atoms with Crippen molar-refractivity contribution in [3.8, 4) is 5.75 Å². The maximum absolute atomic E-state index is 13.2. The fourth-order valence-corrected chi connectivity index (χ4v) is 3.19. The number of carbonyl (C=O) groups excluding carboxylic acids is 1. The van der Waals surface area contributed by atoms with Gasteiger partial charge in [-0.05, 0) is 25.0 Å². The lowest BCUT2D eigenvalue weighted by Crippen LogP contribution is -2.42. The monoisotopic (exact) mass is 375 g/mol. The first-order valence-corrected chi connectivity index (χ1v) is 8.97. The molecule has 0 spiro atoms. The molecular formula is C19H22FN3O4. The number of ether oxygens (including phenoxy) is 1. The molecule has 1 aliphatic heterocycles. The zero-order valence-electron chi connectivity index (χ0n) is 14.9. The third kappa shape index (κ3) is 5.29. The summed E-state index contributed by atoms with van der Waals surface area (Å²) >= 11 is 0. The molecule has 7 nitrogen and oxygen atoms in total. The van der Waals surface area contributed by atoms with E-state index in [0.29, 0.717) is 25.4 Å². The Labute approximate surface area is 155 Å². The molecule has 1 unspecified atom stereocenters. The van der Waals surface area contributed by atoms with Crippen LogP contribution in [0.2, 0.25) is 0 Å². The van der Waals surface area contributed by atoms with Crippen molar-refractivity contribution in [2.45, 2.75) is 25.8 Å². The van der Waals surface area contributed by atoms with Gasteiger partial charge in [-0.2, -0.15) is 0 Å². The van der Waals surface area contributed by atoms with Crippen LogP contribution in [-0.4, -0.2) is 40.1 Å². The molecule has 1 aromatic carbocycles. The van der Waals surface area contributed by atoms with Gasteiger partial charge >= 0.3 is 5.69 Å². The van der Waals surface area contributed by atoms with E-state index in [1.54, 1.807) is 17.0 Å². The van der Waals surface area contributed by atoms with Crippen LogP contribution in [0.15, 0.2) is 46.1 Å². The first-order valence-electron chi connectivity index (χ1n) is 8.97. The summed E-state index contributed by atoms with van der Waals surface area (Å²) < 4.78 is 20.2. The van der Waals surface area contributed by atoms with Crippen LogP contribution in [-0.2, 0) is 11.3 Å². The van der Waals surface area contributed by atoms with E-state index in [2.05, 4.69) is 4.98 Å². The molecule has 0 bridgehead atoms. The van der Waals surface area contributed by atoms with Gasteiger partial charge in [-0.3, -0.25) is 14.6 Å². The van der Waals surface area contributed by atoms with Crippen LogP contribution >= 0.6 is 0 Å². The third-order valence-electron chi connectivity index (χ3n) is 4.62. The number of benzene rings is 1. The molecule has 1 N–H and O–H groups in total. The smallest absolute Gasteiger partial charge is 0.328 e. The quantitative estimate of drug-likeness (QED) is 0.827. The number of carbonyl (C=O) groups is 1. The normalized spacial score (nSPS) is 16.9. The lowest BCUT2D eigenvalue weighted by atomic mass is 9.98. The minimum absolute atomic E-state index is 0.0384. The highest BCUT2D eigenvalue weighted by molar-refractivity contribution is 5.76. The Hall–Kier alpha value is -2.90. The number of likely N-dealkylation sites (tertiary alicyclic amines) is 1. The molecule has 144 valence electrons. The van der Waals surface area contributed by atoms with Gasteiger partial charge in [0.1, 0.15) is 11.6 Å². The van der Waals surface area contributed by atoms with Gasteiger partial charge in [0, 0.05) is 50.3 Å². The van der Waals surface area contributed by atoms with E-state index in [1.165, 1.54) is 29.0 Å². The van der Waals surface area contributed by atoms with E-state index in [0.717, 1.165) is 12.8 Å². The molecule has 1 atom stereocenters. The van der Waals surface area contributed by atoms with Gasteiger partial charge in [-0.25, -0.2) is 9.18 Å². The molecule has 2 aromatic rings. The zero-order valence-corrected chi connectivity index (χ0v) is 14.9. The van der Waals surface area contributed by atoms with Gasteiger partial charge in [0.25, 0.3) is 5.56 Å². The van der Waals surface area contributed by atoms with Crippen molar-refractivity contribution in [2.24, 2.45) is 5.92 Å². The van der Waals surface area contributed by atoms with E-state index in [9.17, 15) is 18.8 Å². The number of aromatic amines is 1. The fraction of sp³-hybridized carbons (Fsp3) is 0.421. The average molecular weight is 375 g/mol.